The van der Waals surface area contributed by atoms with Crippen molar-refractivity contribution in [2.45, 2.75) is 26.1 Å². The first-order chi connectivity index (χ1) is 14.5. The number of aliphatic carboxylic acids is 1. The maximum atomic E-state index is 10.8. The predicted molar refractivity (Wildman–Crippen MR) is 124 cm³/mol. The first-order valence-corrected chi connectivity index (χ1v) is 10.4. The second-order valence-corrected chi connectivity index (χ2v) is 7.77. The number of hydrogen-bond donors (Lipinski definition) is 1. The van der Waals surface area contributed by atoms with Gasteiger partial charge < -0.3 is 14.6 Å². The van der Waals surface area contributed by atoms with E-state index in [0.29, 0.717) is 41.1 Å². The number of halogens is 3. The molecule has 0 aliphatic carbocycles. The van der Waals surface area contributed by atoms with Gasteiger partial charge in [0, 0.05) is 40.8 Å². The summed E-state index contributed by atoms with van der Waals surface area (Å²) in [4.78, 5) is 12.9. The highest BCUT2D eigenvalue weighted by atomic mass is 35.5. The third-order valence-corrected chi connectivity index (χ3v) is 5.51. The fraction of sp³-hybridized carbons (Fsp3) is 0.348. The fourth-order valence-electron chi connectivity index (χ4n) is 3.25. The van der Waals surface area contributed by atoms with Crippen molar-refractivity contribution in [2.75, 3.05) is 26.2 Å². The van der Waals surface area contributed by atoms with Gasteiger partial charge in [0.05, 0.1) is 19.1 Å². The highest BCUT2D eigenvalue weighted by molar-refractivity contribution is 6.36. The number of carboxylic acid groups (broad SMARTS) is 1. The van der Waals surface area contributed by atoms with Gasteiger partial charge >= 0.3 is 5.97 Å². The molecule has 1 saturated heterocycles. The first-order valence-electron chi connectivity index (χ1n) is 9.65. The average molecular weight is 485 g/mol. The Bertz CT molecular complexity index is 931. The number of rotatable bonds is 7. The van der Waals surface area contributed by atoms with Crippen molar-refractivity contribution in [2.24, 2.45) is 0 Å². The largest absolute Gasteiger partial charge is 0.489 e. The molecule has 166 valence electrons. The molecule has 1 unspecified atom stereocenters. The molecule has 0 aromatic heterocycles. The summed E-state index contributed by atoms with van der Waals surface area (Å²) in [5.74, 6) is 5.68. The number of benzene rings is 2. The zero-order chi connectivity index (χ0) is 21.5. The van der Waals surface area contributed by atoms with Crippen LogP contribution in [0.25, 0.3) is 0 Å². The summed E-state index contributed by atoms with van der Waals surface area (Å²) >= 11 is 12.7. The van der Waals surface area contributed by atoms with Gasteiger partial charge in [-0.1, -0.05) is 41.3 Å². The van der Waals surface area contributed by atoms with E-state index in [-0.39, 0.29) is 31.5 Å². The highest BCUT2D eigenvalue weighted by Gasteiger charge is 2.22. The lowest BCUT2D eigenvalue weighted by atomic mass is 10.1. The van der Waals surface area contributed by atoms with Gasteiger partial charge in [-0.25, -0.2) is 0 Å². The van der Waals surface area contributed by atoms with E-state index in [9.17, 15) is 4.79 Å². The molecular formula is C23H24Cl3NO4. The second kappa shape index (κ2) is 12.2. The molecule has 8 heteroatoms. The fourth-order valence-corrected chi connectivity index (χ4v) is 3.85. The van der Waals surface area contributed by atoms with Crippen LogP contribution in [0, 0.1) is 11.8 Å². The van der Waals surface area contributed by atoms with Gasteiger partial charge in [-0.3, -0.25) is 9.69 Å². The molecule has 0 bridgehead atoms. The molecule has 3 rings (SSSR count). The summed E-state index contributed by atoms with van der Waals surface area (Å²) < 4.78 is 11.7. The molecule has 1 fully saturated rings. The van der Waals surface area contributed by atoms with Crippen molar-refractivity contribution in [1.82, 2.24) is 4.90 Å². The summed E-state index contributed by atoms with van der Waals surface area (Å²) in [5.41, 5.74) is 2.51. The van der Waals surface area contributed by atoms with Crippen LogP contribution in [0.15, 0.2) is 36.4 Å². The van der Waals surface area contributed by atoms with E-state index in [1.807, 2.05) is 24.3 Å². The molecule has 1 aliphatic heterocycles. The van der Waals surface area contributed by atoms with Crippen LogP contribution in [0.5, 0.6) is 5.75 Å². The van der Waals surface area contributed by atoms with Crippen molar-refractivity contribution in [1.29, 1.82) is 0 Å². The zero-order valence-corrected chi connectivity index (χ0v) is 19.4. The van der Waals surface area contributed by atoms with Crippen molar-refractivity contribution >= 4 is 41.6 Å². The minimum Gasteiger partial charge on any atom is -0.489 e. The lowest BCUT2D eigenvalue weighted by molar-refractivity contribution is -0.137. The minimum atomic E-state index is -0.785. The lowest BCUT2D eigenvalue weighted by Gasteiger charge is -2.32. The molecular weight excluding hydrogens is 461 g/mol. The second-order valence-electron chi connectivity index (χ2n) is 6.95. The predicted octanol–water partition coefficient (Wildman–Crippen LogP) is 5.21. The maximum Gasteiger partial charge on any atom is 0.304 e. The summed E-state index contributed by atoms with van der Waals surface area (Å²) in [7, 11) is 0. The van der Waals surface area contributed by atoms with Crippen LogP contribution in [-0.2, 0) is 16.1 Å². The number of ether oxygens (including phenoxy) is 2. The molecule has 2 aromatic carbocycles. The van der Waals surface area contributed by atoms with Crippen LogP contribution in [0.3, 0.4) is 0 Å². The summed E-state index contributed by atoms with van der Waals surface area (Å²) in [5, 5.41) is 9.91. The first kappa shape index (κ1) is 25.3. The molecule has 0 spiro atoms. The molecule has 31 heavy (non-hydrogen) atoms. The molecule has 0 saturated carbocycles. The molecule has 0 radical (unpaired) electrons. The smallest absolute Gasteiger partial charge is 0.304 e. The highest BCUT2D eigenvalue weighted by Crippen LogP contribution is 2.29. The van der Waals surface area contributed by atoms with Gasteiger partial charge in [0.25, 0.3) is 0 Å². The Morgan fingerprint density at radius 1 is 1.26 bits per heavy atom. The molecule has 1 heterocycles. The van der Waals surface area contributed by atoms with E-state index >= 15 is 0 Å². The number of hydrogen-bond acceptors (Lipinski definition) is 4. The van der Waals surface area contributed by atoms with Crippen molar-refractivity contribution < 1.29 is 19.4 Å². The Labute approximate surface area is 198 Å². The standard InChI is InChI=1S/C23H23Cl2NO4.ClH/c1-2-3-16-12-20(24)19(21(25)13-16)15-30-18-6-4-17(5-7-18)22-14-26(10-11-29-22)9-8-23(27)28;/h4-7,12-13,22H,8-11,14-15H2,1H3,(H,27,28);1H. The molecule has 5 nitrogen and oxygen atoms in total. The Kier molecular flexibility index (Phi) is 9.95. The number of carboxylic acids is 1. The van der Waals surface area contributed by atoms with Gasteiger partial charge in [-0.15, -0.1) is 18.3 Å². The summed E-state index contributed by atoms with van der Waals surface area (Å²) in [6.45, 7) is 4.54. The zero-order valence-electron chi connectivity index (χ0n) is 17.1. The van der Waals surface area contributed by atoms with E-state index in [1.54, 1.807) is 19.1 Å². The normalized spacial score (nSPS) is 16.0. The van der Waals surface area contributed by atoms with Crippen LogP contribution in [0.2, 0.25) is 10.0 Å². The van der Waals surface area contributed by atoms with E-state index in [4.69, 9.17) is 37.8 Å². The number of morpholine rings is 1. The van der Waals surface area contributed by atoms with Crippen molar-refractivity contribution in [3.8, 4) is 17.6 Å². The Morgan fingerprint density at radius 2 is 1.94 bits per heavy atom. The van der Waals surface area contributed by atoms with Gasteiger partial charge in [0.2, 0.25) is 0 Å². The molecule has 1 N–H and O–H groups in total. The summed E-state index contributed by atoms with van der Waals surface area (Å²) in [6.07, 6.45) is 0.0501. The molecule has 1 aliphatic rings. The SMILES string of the molecule is CC#Cc1cc(Cl)c(COc2ccc(C3CN(CCC(=O)O)CCO3)cc2)c(Cl)c1.Cl. The van der Waals surface area contributed by atoms with Crippen LogP contribution in [0.1, 0.15) is 36.1 Å². The topological polar surface area (TPSA) is 59.0 Å². The van der Waals surface area contributed by atoms with Gasteiger partial charge in [-0.2, -0.15) is 0 Å². The number of nitrogens with zero attached hydrogens (tertiary/aromatic N) is 1. The van der Waals surface area contributed by atoms with E-state index in [2.05, 4.69) is 16.7 Å². The van der Waals surface area contributed by atoms with Crippen molar-refractivity contribution in [3.63, 3.8) is 0 Å². The van der Waals surface area contributed by atoms with Crippen LogP contribution >= 0.6 is 35.6 Å². The van der Waals surface area contributed by atoms with Gasteiger partial charge in [0.15, 0.2) is 0 Å². The monoisotopic (exact) mass is 483 g/mol. The maximum absolute atomic E-state index is 10.8. The van der Waals surface area contributed by atoms with Crippen LogP contribution < -0.4 is 4.74 Å². The van der Waals surface area contributed by atoms with Crippen LogP contribution in [0.4, 0.5) is 0 Å². The van der Waals surface area contributed by atoms with Gasteiger partial charge in [0.1, 0.15) is 12.4 Å². The summed E-state index contributed by atoms with van der Waals surface area (Å²) in [6, 6.07) is 11.2. The van der Waals surface area contributed by atoms with E-state index in [0.717, 1.165) is 17.7 Å². The van der Waals surface area contributed by atoms with E-state index < -0.39 is 5.97 Å². The minimum absolute atomic E-state index is 0. The quantitative estimate of drug-likeness (QED) is 0.547. The third-order valence-electron chi connectivity index (χ3n) is 4.84. The van der Waals surface area contributed by atoms with Crippen LogP contribution in [-0.4, -0.2) is 42.2 Å². The Balaban J connectivity index is 0.00000341. The third kappa shape index (κ3) is 7.31. The number of carbonyl (C=O) groups is 1. The lowest BCUT2D eigenvalue weighted by Crippen LogP contribution is -2.39. The Morgan fingerprint density at radius 3 is 2.55 bits per heavy atom. The van der Waals surface area contributed by atoms with E-state index in [1.165, 1.54) is 0 Å². The molecule has 1 atom stereocenters. The molecule has 0 amide bonds. The van der Waals surface area contributed by atoms with Gasteiger partial charge in [-0.05, 0) is 36.8 Å². The van der Waals surface area contributed by atoms with Crippen molar-refractivity contribution in [3.05, 3.63) is 63.1 Å². The average Bonchev–Trinajstić information content (AvgIpc) is 2.72. The Hall–Kier alpha value is -1.94. The molecule has 2 aromatic rings.